The predicted molar refractivity (Wildman–Crippen MR) is 86.7 cm³/mol. The molecule has 2 rings (SSSR count). The number of hydrogen-bond acceptors (Lipinski definition) is 2. The smallest absolute Gasteiger partial charge is 0.165 e. The van der Waals surface area contributed by atoms with Gasteiger partial charge in [-0.1, -0.05) is 38.1 Å². The van der Waals surface area contributed by atoms with Crippen molar-refractivity contribution < 1.29 is 9.53 Å². The van der Waals surface area contributed by atoms with Crippen LogP contribution in [0.25, 0.3) is 0 Å². The lowest BCUT2D eigenvalue weighted by Crippen LogP contribution is -2.41. The van der Waals surface area contributed by atoms with E-state index in [1.54, 1.807) is 0 Å². The zero-order chi connectivity index (χ0) is 15.3. The van der Waals surface area contributed by atoms with Gasteiger partial charge in [-0.05, 0) is 56.1 Å². The van der Waals surface area contributed by atoms with Gasteiger partial charge >= 0.3 is 0 Å². The van der Waals surface area contributed by atoms with E-state index in [-0.39, 0.29) is 5.78 Å². The minimum atomic E-state index is -0.568. The van der Waals surface area contributed by atoms with Crippen LogP contribution >= 0.6 is 0 Å². The Morgan fingerprint density at radius 1 is 1.24 bits per heavy atom. The summed E-state index contributed by atoms with van der Waals surface area (Å²) >= 11 is 0. The van der Waals surface area contributed by atoms with E-state index in [1.807, 2.05) is 6.92 Å². The molecule has 1 aromatic rings. The Morgan fingerprint density at radius 2 is 1.95 bits per heavy atom. The van der Waals surface area contributed by atoms with Crippen molar-refractivity contribution in [2.75, 3.05) is 6.61 Å². The van der Waals surface area contributed by atoms with Crippen LogP contribution in [-0.4, -0.2) is 18.0 Å². The third kappa shape index (κ3) is 3.37. The normalized spacial score (nSPS) is 18.3. The van der Waals surface area contributed by atoms with Crippen molar-refractivity contribution >= 4 is 5.78 Å². The fraction of sp³-hybridized carbons (Fsp3) is 0.632. The van der Waals surface area contributed by atoms with Gasteiger partial charge in [-0.2, -0.15) is 0 Å². The minimum absolute atomic E-state index is 0.288. The summed E-state index contributed by atoms with van der Waals surface area (Å²) in [6.45, 7) is 6.70. The zero-order valence-corrected chi connectivity index (χ0v) is 13.7. The van der Waals surface area contributed by atoms with Crippen LogP contribution in [0.5, 0.6) is 0 Å². The molecule has 1 aliphatic carbocycles. The van der Waals surface area contributed by atoms with Crippen molar-refractivity contribution in [1.29, 1.82) is 0 Å². The lowest BCUT2D eigenvalue weighted by atomic mass is 9.77. The molecule has 1 atom stereocenters. The first-order chi connectivity index (χ1) is 10.2. The van der Waals surface area contributed by atoms with Crippen molar-refractivity contribution in [2.45, 2.75) is 70.8 Å². The Kier molecular flexibility index (Phi) is 5.58. The Balaban J connectivity index is 2.16. The average Bonchev–Trinajstić information content (AvgIpc) is 2.53. The molecule has 116 valence electrons. The number of rotatable bonds is 7. The van der Waals surface area contributed by atoms with Gasteiger partial charge in [-0.15, -0.1) is 0 Å². The van der Waals surface area contributed by atoms with Crippen LogP contribution in [0.3, 0.4) is 0 Å². The number of Topliss-reactive ketones (excluding diaryl/α,β-unsaturated/α-hetero) is 1. The van der Waals surface area contributed by atoms with Gasteiger partial charge in [0.1, 0.15) is 5.60 Å². The Bertz CT molecular complexity index is 474. The summed E-state index contributed by atoms with van der Waals surface area (Å²) in [7, 11) is 0. The Hall–Kier alpha value is -1.15. The van der Waals surface area contributed by atoms with E-state index in [0.29, 0.717) is 18.9 Å². The van der Waals surface area contributed by atoms with E-state index in [1.165, 1.54) is 17.5 Å². The summed E-state index contributed by atoms with van der Waals surface area (Å²) in [5.74, 6) is 0.663. The van der Waals surface area contributed by atoms with Crippen LogP contribution < -0.4 is 0 Å². The second kappa shape index (κ2) is 7.22. The van der Waals surface area contributed by atoms with E-state index in [0.717, 1.165) is 25.7 Å². The fourth-order valence-electron chi connectivity index (χ4n) is 3.68. The standard InChI is InChI=1S/C19H28O2/c1-4-19(5-2,21-6-3)18(20)14-16-12-9-11-15-10-7-8-13-17(15)16/h7-8,10,13,16H,4-6,9,11-12,14H2,1-3H3. The predicted octanol–water partition coefficient (Wildman–Crippen LogP) is 4.66. The highest BCUT2D eigenvalue weighted by Crippen LogP contribution is 2.36. The number of carbonyl (C=O) groups is 1. The molecular formula is C19H28O2. The van der Waals surface area contributed by atoms with E-state index in [2.05, 4.69) is 38.1 Å². The molecule has 0 saturated carbocycles. The highest BCUT2D eigenvalue weighted by Gasteiger charge is 2.37. The van der Waals surface area contributed by atoms with Crippen molar-refractivity contribution in [3.8, 4) is 0 Å². The second-order valence-electron chi connectivity index (χ2n) is 6.05. The average molecular weight is 288 g/mol. The maximum absolute atomic E-state index is 12.9. The van der Waals surface area contributed by atoms with Gasteiger partial charge < -0.3 is 4.74 Å². The molecule has 0 N–H and O–H groups in total. The summed E-state index contributed by atoms with van der Waals surface area (Å²) in [5, 5.41) is 0. The highest BCUT2D eigenvalue weighted by atomic mass is 16.5. The number of ketones is 1. The third-order valence-electron chi connectivity index (χ3n) is 5.00. The zero-order valence-electron chi connectivity index (χ0n) is 13.7. The molecular weight excluding hydrogens is 260 g/mol. The Labute approximate surface area is 128 Å². The van der Waals surface area contributed by atoms with Gasteiger partial charge in [0.25, 0.3) is 0 Å². The van der Waals surface area contributed by atoms with Gasteiger partial charge in [-0.3, -0.25) is 4.79 Å². The number of benzene rings is 1. The number of fused-ring (bicyclic) bond motifs is 1. The summed E-state index contributed by atoms with van der Waals surface area (Å²) in [6.07, 6.45) is 5.63. The van der Waals surface area contributed by atoms with Gasteiger partial charge in [0, 0.05) is 13.0 Å². The molecule has 2 heteroatoms. The second-order valence-corrected chi connectivity index (χ2v) is 6.05. The van der Waals surface area contributed by atoms with Crippen LogP contribution in [0.4, 0.5) is 0 Å². The first-order valence-electron chi connectivity index (χ1n) is 8.41. The van der Waals surface area contributed by atoms with E-state index in [9.17, 15) is 4.79 Å². The maximum atomic E-state index is 12.9. The molecule has 0 aliphatic heterocycles. The summed E-state index contributed by atoms with van der Waals surface area (Å²) < 4.78 is 5.87. The van der Waals surface area contributed by atoms with Crippen molar-refractivity contribution in [1.82, 2.24) is 0 Å². The van der Waals surface area contributed by atoms with Crippen LogP contribution in [0.15, 0.2) is 24.3 Å². The van der Waals surface area contributed by atoms with E-state index in [4.69, 9.17) is 4.74 Å². The number of hydrogen-bond donors (Lipinski definition) is 0. The number of aryl methyl sites for hydroxylation is 1. The number of ether oxygens (including phenoxy) is 1. The largest absolute Gasteiger partial charge is 0.368 e. The fourth-order valence-corrected chi connectivity index (χ4v) is 3.68. The van der Waals surface area contributed by atoms with Gasteiger partial charge in [0.15, 0.2) is 5.78 Å². The monoisotopic (exact) mass is 288 g/mol. The molecule has 21 heavy (non-hydrogen) atoms. The van der Waals surface area contributed by atoms with Crippen LogP contribution in [0.1, 0.15) is 69.9 Å². The lowest BCUT2D eigenvalue weighted by Gasteiger charge is -2.33. The first-order valence-corrected chi connectivity index (χ1v) is 8.41. The SMILES string of the molecule is CCOC(CC)(CC)C(=O)CC1CCCc2ccccc21. The summed E-state index contributed by atoms with van der Waals surface area (Å²) in [5.41, 5.74) is 2.24. The van der Waals surface area contributed by atoms with Crippen molar-refractivity contribution in [3.05, 3.63) is 35.4 Å². The van der Waals surface area contributed by atoms with E-state index < -0.39 is 5.60 Å². The minimum Gasteiger partial charge on any atom is -0.368 e. The van der Waals surface area contributed by atoms with Crippen LogP contribution in [0, 0.1) is 0 Å². The maximum Gasteiger partial charge on any atom is 0.165 e. The summed E-state index contributed by atoms with van der Waals surface area (Å²) in [6, 6.07) is 8.61. The van der Waals surface area contributed by atoms with Crippen molar-refractivity contribution in [2.24, 2.45) is 0 Å². The highest BCUT2D eigenvalue weighted by molar-refractivity contribution is 5.88. The molecule has 0 amide bonds. The molecule has 0 heterocycles. The molecule has 2 nitrogen and oxygen atoms in total. The first kappa shape index (κ1) is 16.2. The van der Waals surface area contributed by atoms with Crippen molar-refractivity contribution in [3.63, 3.8) is 0 Å². The molecule has 0 aromatic heterocycles. The summed E-state index contributed by atoms with van der Waals surface area (Å²) in [4.78, 5) is 12.9. The lowest BCUT2D eigenvalue weighted by molar-refractivity contribution is -0.146. The van der Waals surface area contributed by atoms with Crippen LogP contribution in [-0.2, 0) is 16.0 Å². The topological polar surface area (TPSA) is 26.3 Å². The van der Waals surface area contributed by atoms with Gasteiger partial charge in [-0.25, -0.2) is 0 Å². The molecule has 0 saturated heterocycles. The molecule has 0 spiro atoms. The van der Waals surface area contributed by atoms with Crippen LogP contribution in [0.2, 0.25) is 0 Å². The molecule has 1 unspecified atom stereocenters. The Morgan fingerprint density at radius 3 is 2.62 bits per heavy atom. The molecule has 1 aromatic carbocycles. The van der Waals surface area contributed by atoms with Gasteiger partial charge in [0.05, 0.1) is 0 Å². The third-order valence-corrected chi connectivity index (χ3v) is 5.00. The molecule has 0 radical (unpaired) electrons. The number of carbonyl (C=O) groups excluding carboxylic acids is 1. The van der Waals surface area contributed by atoms with Gasteiger partial charge in [0.2, 0.25) is 0 Å². The molecule has 0 fully saturated rings. The molecule has 1 aliphatic rings. The molecule has 0 bridgehead atoms. The van der Waals surface area contributed by atoms with E-state index >= 15 is 0 Å². The quantitative estimate of drug-likeness (QED) is 0.729.